The van der Waals surface area contributed by atoms with E-state index in [1.807, 2.05) is 11.2 Å². The van der Waals surface area contributed by atoms with Crippen molar-refractivity contribution in [3.05, 3.63) is 70.3 Å². The number of nitrogens with one attached hydrogen (secondary N) is 1. The Hall–Kier alpha value is -4.41. The van der Waals surface area contributed by atoms with Crippen LogP contribution in [0.3, 0.4) is 0 Å². The number of carbonyl (C=O) groups is 1. The lowest BCUT2D eigenvalue weighted by Crippen LogP contribution is -2.50. The SMILES string of the molecule is O=C(COC[C@@H]1C[C@@H](Oc2ccccc2)CN1c1cc(C(F)(F)F)c(=O)[nH]n1)N1CCN(c2ncc(C(F)(F)F)cn2)CC1. The lowest BCUT2D eigenvalue weighted by atomic mass is 10.2. The molecule has 2 aromatic heterocycles. The Bertz CT molecular complexity index is 1480. The lowest BCUT2D eigenvalue weighted by molar-refractivity contribution is -0.139. The molecule has 1 N–H and O–H groups in total. The number of ether oxygens (including phenoxy) is 2. The van der Waals surface area contributed by atoms with Gasteiger partial charge in [0, 0.05) is 51.1 Å². The quantitative estimate of drug-likeness (QED) is 0.377. The molecule has 236 valence electrons. The highest BCUT2D eigenvalue weighted by Gasteiger charge is 2.39. The zero-order valence-electron chi connectivity index (χ0n) is 23.0. The summed E-state index contributed by atoms with van der Waals surface area (Å²) in [6, 6.07) is 9.03. The maximum atomic E-state index is 13.4. The van der Waals surface area contributed by atoms with Gasteiger partial charge < -0.3 is 24.2 Å². The third-order valence-corrected chi connectivity index (χ3v) is 7.23. The number of hydrogen-bond donors (Lipinski definition) is 1. The van der Waals surface area contributed by atoms with Crippen LogP contribution in [0.25, 0.3) is 0 Å². The Kier molecular flexibility index (Phi) is 8.94. The molecule has 1 amide bonds. The fraction of sp³-hybridized carbons (Fsp3) is 0.444. The van der Waals surface area contributed by atoms with E-state index in [9.17, 15) is 35.9 Å². The average Bonchev–Trinajstić information content (AvgIpc) is 3.39. The topological polar surface area (TPSA) is 117 Å². The van der Waals surface area contributed by atoms with E-state index in [1.165, 1.54) is 4.90 Å². The van der Waals surface area contributed by atoms with Crippen molar-refractivity contribution in [2.75, 3.05) is 55.7 Å². The number of piperazine rings is 1. The van der Waals surface area contributed by atoms with Crippen LogP contribution in [0, 0.1) is 0 Å². The first-order chi connectivity index (χ1) is 20.9. The number of aromatic nitrogens is 4. The van der Waals surface area contributed by atoms with Crippen molar-refractivity contribution in [1.82, 2.24) is 25.1 Å². The predicted octanol–water partition coefficient (Wildman–Crippen LogP) is 2.99. The van der Waals surface area contributed by atoms with E-state index in [0.717, 1.165) is 0 Å². The Morgan fingerprint density at radius 3 is 2.30 bits per heavy atom. The molecule has 2 fully saturated rings. The molecule has 2 saturated heterocycles. The summed E-state index contributed by atoms with van der Waals surface area (Å²) in [5, 5.41) is 5.73. The van der Waals surface area contributed by atoms with Crippen molar-refractivity contribution in [2.24, 2.45) is 0 Å². The van der Waals surface area contributed by atoms with Crippen LogP contribution in [0.4, 0.5) is 38.1 Å². The normalized spacial score (nSPS) is 19.4. The number of carbonyl (C=O) groups excluding carboxylic acids is 1. The number of hydrogen-bond acceptors (Lipinski definition) is 9. The van der Waals surface area contributed by atoms with Gasteiger partial charge in [-0.25, -0.2) is 15.1 Å². The van der Waals surface area contributed by atoms with Crippen LogP contribution in [-0.2, 0) is 21.9 Å². The van der Waals surface area contributed by atoms with Crippen molar-refractivity contribution in [1.29, 1.82) is 0 Å². The van der Waals surface area contributed by atoms with Crippen molar-refractivity contribution in [2.45, 2.75) is 30.9 Å². The van der Waals surface area contributed by atoms with E-state index in [2.05, 4.69) is 15.1 Å². The molecule has 17 heteroatoms. The number of rotatable bonds is 8. The monoisotopic (exact) mass is 627 g/mol. The third kappa shape index (κ3) is 7.38. The second-order valence-corrected chi connectivity index (χ2v) is 10.2. The molecule has 0 aliphatic carbocycles. The molecular weight excluding hydrogens is 600 g/mol. The van der Waals surface area contributed by atoms with Gasteiger partial charge in [0.15, 0.2) is 0 Å². The fourth-order valence-corrected chi connectivity index (χ4v) is 5.00. The standard InChI is InChI=1S/C27H27F6N7O4/c28-26(29,30)17-12-34-25(35-13-17)39-8-6-38(7-9-39)23(41)16-43-15-18-10-20(44-19-4-2-1-3-5-19)14-40(18)22-11-21(27(31,32)33)24(42)37-36-22/h1-5,11-13,18,20H,6-10,14-16H2,(H,37,42)/t18-,20+/m0/s1. The van der Waals surface area contributed by atoms with Crippen LogP contribution in [0.5, 0.6) is 5.75 Å². The molecule has 0 radical (unpaired) electrons. The molecule has 2 aliphatic heterocycles. The largest absolute Gasteiger partial charge is 0.489 e. The van der Waals surface area contributed by atoms with Crippen molar-refractivity contribution >= 4 is 17.7 Å². The van der Waals surface area contributed by atoms with Crippen LogP contribution in [0.2, 0.25) is 0 Å². The van der Waals surface area contributed by atoms with E-state index in [-0.39, 0.29) is 50.5 Å². The number of benzene rings is 1. The van der Waals surface area contributed by atoms with Gasteiger partial charge in [-0.15, -0.1) is 0 Å². The van der Waals surface area contributed by atoms with E-state index < -0.39 is 41.2 Å². The van der Waals surface area contributed by atoms with Gasteiger partial charge in [-0.3, -0.25) is 9.59 Å². The Morgan fingerprint density at radius 2 is 1.66 bits per heavy atom. The summed E-state index contributed by atoms with van der Waals surface area (Å²) >= 11 is 0. The van der Waals surface area contributed by atoms with Gasteiger partial charge in [0.05, 0.1) is 24.8 Å². The number of H-pyrrole nitrogens is 1. The van der Waals surface area contributed by atoms with Crippen LogP contribution in [0.1, 0.15) is 17.5 Å². The minimum Gasteiger partial charge on any atom is -0.489 e. The molecule has 0 unspecified atom stereocenters. The summed E-state index contributed by atoms with van der Waals surface area (Å²) < 4.78 is 90.3. The Morgan fingerprint density at radius 1 is 0.977 bits per heavy atom. The number of nitrogens with zero attached hydrogens (tertiary/aromatic N) is 6. The zero-order chi connectivity index (χ0) is 31.5. The number of anilines is 2. The molecular formula is C27H27F6N7O4. The minimum atomic E-state index is -4.88. The highest BCUT2D eigenvalue weighted by molar-refractivity contribution is 5.77. The first-order valence-corrected chi connectivity index (χ1v) is 13.5. The molecule has 5 rings (SSSR count). The number of para-hydroxylation sites is 1. The molecule has 44 heavy (non-hydrogen) atoms. The third-order valence-electron chi connectivity index (χ3n) is 7.23. The highest BCUT2D eigenvalue weighted by atomic mass is 19.4. The number of aromatic amines is 1. The van der Waals surface area contributed by atoms with Gasteiger partial charge in [0.25, 0.3) is 5.56 Å². The first-order valence-electron chi connectivity index (χ1n) is 13.5. The van der Waals surface area contributed by atoms with Gasteiger partial charge in [0.1, 0.15) is 29.8 Å². The molecule has 4 heterocycles. The molecule has 0 spiro atoms. The maximum Gasteiger partial charge on any atom is 0.421 e. The van der Waals surface area contributed by atoms with Gasteiger partial charge in [-0.2, -0.15) is 31.4 Å². The van der Waals surface area contributed by atoms with Crippen LogP contribution in [0.15, 0.2) is 53.6 Å². The summed E-state index contributed by atoms with van der Waals surface area (Å²) in [5.41, 5.74) is -3.70. The van der Waals surface area contributed by atoms with E-state index >= 15 is 0 Å². The zero-order valence-corrected chi connectivity index (χ0v) is 23.0. The van der Waals surface area contributed by atoms with E-state index in [4.69, 9.17) is 9.47 Å². The smallest absolute Gasteiger partial charge is 0.421 e. The molecule has 0 bridgehead atoms. The van der Waals surface area contributed by atoms with Crippen molar-refractivity contribution < 1.29 is 40.6 Å². The first kappa shape index (κ1) is 31.0. The molecule has 2 aliphatic rings. The molecule has 0 saturated carbocycles. The summed E-state index contributed by atoms with van der Waals surface area (Å²) in [6.45, 7) is 0.922. The van der Waals surface area contributed by atoms with Gasteiger partial charge >= 0.3 is 12.4 Å². The molecule has 11 nitrogen and oxygen atoms in total. The molecule has 1 aromatic carbocycles. The Labute approximate surface area is 246 Å². The number of amides is 1. The molecule has 3 aromatic rings. The molecule has 2 atom stereocenters. The Balaban J connectivity index is 1.18. The van der Waals surface area contributed by atoms with Crippen LogP contribution in [-0.4, -0.2) is 89.1 Å². The van der Waals surface area contributed by atoms with Gasteiger partial charge in [0.2, 0.25) is 11.9 Å². The average molecular weight is 628 g/mol. The number of alkyl halides is 6. The van der Waals surface area contributed by atoms with Gasteiger partial charge in [-0.1, -0.05) is 18.2 Å². The van der Waals surface area contributed by atoms with Crippen LogP contribution < -0.4 is 20.1 Å². The maximum absolute atomic E-state index is 13.4. The second kappa shape index (κ2) is 12.7. The van der Waals surface area contributed by atoms with E-state index in [1.54, 1.807) is 34.1 Å². The van der Waals surface area contributed by atoms with E-state index in [0.29, 0.717) is 43.7 Å². The second-order valence-electron chi connectivity index (χ2n) is 10.2. The predicted molar refractivity (Wildman–Crippen MR) is 143 cm³/mol. The van der Waals surface area contributed by atoms with Gasteiger partial charge in [-0.05, 0) is 12.1 Å². The van der Waals surface area contributed by atoms with Crippen molar-refractivity contribution in [3.8, 4) is 5.75 Å². The summed E-state index contributed by atoms with van der Waals surface area (Å²) in [5.74, 6) is 0.249. The highest BCUT2D eigenvalue weighted by Crippen LogP contribution is 2.32. The summed E-state index contributed by atoms with van der Waals surface area (Å²) in [6.07, 6.45) is -8.10. The lowest BCUT2D eigenvalue weighted by Gasteiger charge is -2.34. The van der Waals surface area contributed by atoms with Crippen LogP contribution >= 0.6 is 0 Å². The minimum absolute atomic E-state index is 0.0398. The summed E-state index contributed by atoms with van der Waals surface area (Å²) in [4.78, 5) is 36.9. The summed E-state index contributed by atoms with van der Waals surface area (Å²) in [7, 11) is 0. The number of halogens is 6. The van der Waals surface area contributed by atoms with Crippen molar-refractivity contribution in [3.63, 3.8) is 0 Å². The fourth-order valence-electron chi connectivity index (χ4n) is 5.00.